The van der Waals surface area contributed by atoms with Crippen LogP contribution in [0.25, 0.3) is 0 Å². The summed E-state index contributed by atoms with van der Waals surface area (Å²) in [5, 5.41) is 15.5. The van der Waals surface area contributed by atoms with Gasteiger partial charge >= 0.3 is 0 Å². The van der Waals surface area contributed by atoms with Crippen molar-refractivity contribution >= 4 is 10.0 Å². The van der Waals surface area contributed by atoms with E-state index in [4.69, 9.17) is 0 Å². The lowest BCUT2D eigenvalue weighted by Crippen LogP contribution is -2.41. The van der Waals surface area contributed by atoms with E-state index in [1.807, 2.05) is 0 Å². The van der Waals surface area contributed by atoms with Gasteiger partial charge in [0.2, 0.25) is 10.0 Å². The lowest BCUT2D eigenvalue weighted by molar-refractivity contribution is 0.108. The molecule has 1 aliphatic rings. The minimum Gasteiger partial charge on any atom is -0.392 e. The van der Waals surface area contributed by atoms with Crippen molar-refractivity contribution in [2.24, 2.45) is 0 Å². The van der Waals surface area contributed by atoms with Gasteiger partial charge in [-0.2, -0.15) is 9.40 Å². The fourth-order valence-corrected chi connectivity index (χ4v) is 3.09. The first-order chi connectivity index (χ1) is 7.10. The summed E-state index contributed by atoms with van der Waals surface area (Å²) in [5.41, 5.74) is 0. The molecule has 0 saturated carbocycles. The van der Waals surface area contributed by atoms with Crippen molar-refractivity contribution in [2.45, 2.75) is 23.8 Å². The zero-order valence-electron chi connectivity index (χ0n) is 8.13. The molecule has 84 valence electrons. The number of H-pyrrole nitrogens is 1. The highest BCUT2D eigenvalue weighted by Crippen LogP contribution is 2.19. The smallest absolute Gasteiger partial charge is 0.246 e. The van der Waals surface area contributed by atoms with Gasteiger partial charge in [0, 0.05) is 19.3 Å². The van der Waals surface area contributed by atoms with E-state index in [0.717, 1.165) is 0 Å². The Morgan fingerprint density at radius 2 is 2.40 bits per heavy atom. The van der Waals surface area contributed by atoms with Crippen LogP contribution in [0.1, 0.15) is 12.8 Å². The van der Waals surface area contributed by atoms with Gasteiger partial charge in [-0.3, -0.25) is 5.10 Å². The first-order valence-electron chi connectivity index (χ1n) is 4.78. The van der Waals surface area contributed by atoms with Crippen LogP contribution in [-0.4, -0.2) is 47.2 Å². The summed E-state index contributed by atoms with van der Waals surface area (Å²) in [6.45, 7) is 0.637. The van der Waals surface area contributed by atoms with Crippen LogP contribution in [0.3, 0.4) is 0 Å². The van der Waals surface area contributed by atoms with E-state index < -0.39 is 16.1 Å². The van der Waals surface area contributed by atoms with Crippen LogP contribution >= 0.6 is 0 Å². The SMILES string of the molecule is O=S(=O)(c1cn[nH]c1)N1CCC[C@H](O)C1. The van der Waals surface area contributed by atoms with Gasteiger partial charge in [0.1, 0.15) is 4.90 Å². The van der Waals surface area contributed by atoms with E-state index in [2.05, 4.69) is 10.2 Å². The van der Waals surface area contributed by atoms with Crippen molar-refractivity contribution in [3.63, 3.8) is 0 Å². The lowest BCUT2D eigenvalue weighted by atomic mass is 10.1. The molecule has 2 rings (SSSR count). The molecule has 7 heteroatoms. The summed E-state index contributed by atoms with van der Waals surface area (Å²) in [4.78, 5) is 0.150. The molecule has 0 unspecified atom stereocenters. The number of nitrogens with one attached hydrogen (secondary N) is 1. The number of aromatic nitrogens is 2. The Balaban J connectivity index is 2.22. The first-order valence-corrected chi connectivity index (χ1v) is 6.22. The number of piperidine rings is 1. The summed E-state index contributed by atoms with van der Waals surface area (Å²) >= 11 is 0. The number of hydrogen-bond acceptors (Lipinski definition) is 4. The van der Waals surface area contributed by atoms with E-state index in [9.17, 15) is 13.5 Å². The van der Waals surface area contributed by atoms with Gasteiger partial charge in [0.25, 0.3) is 0 Å². The fraction of sp³-hybridized carbons (Fsp3) is 0.625. The Morgan fingerprint density at radius 1 is 1.60 bits per heavy atom. The second-order valence-corrected chi connectivity index (χ2v) is 5.53. The van der Waals surface area contributed by atoms with Gasteiger partial charge in [-0.25, -0.2) is 8.42 Å². The van der Waals surface area contributed by atoms with Crippen LogP contribution in [0.4, 0.5) is 0 Å². The standard InChI is InChI=1S/C8H13N3O3S/c12-7-2-1-3-11(6-7)15(13,14)8-4-9-10-5-8/h4-5,7,12H,1-3,6H2,(H,9,10)/t7-/m0/s1. The molecule has 1 atom stereocenters. The number of rotatable bonds is 2. The summed E-state index contributed by atoms with van der Waals surface area (Å²) in [7, 11) is -3.47. The molecule has 2 heterocycles. The molecule has 15 heavy (non-hydrogen) atoms. The zero-order valence-corrected chi connectivity index (χ0v) is 8.94. The van der Waals surface area contributed by atoms with Gasteiger partial charge in [-0.1, -0.05) is 0 Å². The molecule has 0 aromatic carbocycles. The van der Waals surface area contributed by atoms with Crippen molar-refractivity contribution in [1.82, 2.24) is 14.5 Å². The molecule has 1 saturated heterocycles. The number of hydrogen-bond donors (Lipinski definition) is 2. The van der Waals surface area contributed by atoms with Crippen molar-refractivity contribution in [3.05, 3.63) is 12.4 Å². The average molecular weight is 231 g/mol. The molecule has 1 aromatic rings. The van der Waals surface area contributed by atoms with Gasteiger partial charge in [-0.15, -0.1) is 0 Å². The third-order valence-electron chi connectivity index (χ3n) is 2.47. The quantitative estimate of drug-likeness (QED) is 0.722. The number of aromatic amines is 1. The van der Waals surface area contributed by atoms with Crippen molar-refractivity contribution in [2.75, 3.05) is 13.1 Å². The molecule has 6 nitrogen and oxygen atoms in total. The van der Waals surface area contributed by atoms with E-state index in [-0.39, 0.29) is 11.4 Å². The first kappa shape index (κ1) is 10.6. The van der Waals surface area contributed by atoms with Gasteiger partial charge in [-0.05, 0) is 12.8 Å². The molecule has 0 radical (unpaired) electrons. The highest BCUT2D eigenvalue weighted by atomic mass is 32.2. The second kappa shape index (κ2) is 3.92. The largest absolute Gasteiger partial charge is 0.392 e. The molecule has 1 aromatic heterocycles. The fourth-order valence-electron chi connectivity index (χ4n) is 1.67. The van der Waals surface area contributed by atoms with Gasteiger partial charge in [0.05, 0.1) is 12.3 Å². The van der Waals surface area contributed by atoms with Gasteiger partial charge < -0.3 is 5.11 Å². The monoisotopic (exact) mass is 231 g/mol. The highest BCUT2D eigenvalue weighted by molar-refractivity contribution is 7.89. The molecular weight excluding hydrogens is 218 g/mol. The minimum absolute atomic E-state index is 0.150. The third kappa shape index (κ3) is 2.04. The molecule has 0 spiro atoms. The lowest BCUT2D eigenvalue weighted by Gasteiger charge is -2.28. The highest BCUT2D eigenvalue weighted by Gasteiger charge is 2.29. The molecule has 0 aliphatic carbocycles. The summed E-state index contributed by atoms with van der Waals surface area (Å²) in [6, 6.07) is 0. The molecular formula is C8H13N3O3S. The summed E-state index contributed by atoms with van der Waals surface area (Å²) < 4.78 is 25.2. The van der Waals surface area contributed by atoms with Crippen LogP contribution in [-0.2, 0) is 10.0 Å². The van der Waals surface area contributed by atoms with Crippen LogP contribution < -0.4 is 0 Å². The minimum atomic E-state index is -3.47. The third-order valence-corrected chi connectivity index (χ3v) is 4.30. The number of nitrogens with zero attached hydrogens (tertiary/aromatic N) is 2. The maximum Gasteiger partial charge on any atom is 0.246 e. The van der Waals surface area contributed by atoms with E-state index in [0.29, 0.717) is 19.4 Å². The predicted molar refractivity (Wildman–Crippen MR) is 52.6 cm³/mol. The summed E-state index contributed by atoms with van der Waals surface area (Å²) in [6.07, 6.45) is 3.42. The van der Waals surface area contributed by atoms with Gasteiger partial charge in [0.15, 0.2) is 0 Å². The number of β-amino-alcohol motifs (C(OH)–C–C–N with tert-alkyl or cyclic N) is 1. The molecule has 0 bridgehead atoms. The average Bonchev–Trinajstić information content (AvgIpc) is 2.71. The zero-order chi connectivity index (χ0) is 10.9. The Labute approximate surface area is 88.0 Å². The second-order valence-electron chi connectivity index (χ2n) is 3.59. The Morgan fingerprint density at radius 3 is 3.00 bits per heavy atom. The van der Waals surface area contributed by atoms with Crippen molar-refractivity contribution < 1.29 is 13.5 Å². The van der Waals surface area contributed by atoms with E-state index >= 15 is 0 Å². The Kier molecular flexibility index (Phi) is 2.76. The maximum atomic E-state index is 11.9. The van der Waals surface area contributed by atoms with Crippen molar-refractivity contribution in [1.29, 1.82) is 0 Å². The van der Waals surface area contributed by atoms with Crippen LogP contribution in [0.5, 0.6) is 0 Å². The van der Waals surface area contributed by atoms with Crippen LogP contribution in [0, 0.1) is 0 Å². The Bertz CT molecular complexity index is 414. The molecule has 0 amide bonds. The molecule has 1 aliphatic heterocycles. The van der Waals surface area contributed by atoms with E-state index in [1.54, 1.807) is 0 Å². The van der Waals surface area contributed by atoms with E-state index in [1.165, 1.54) is 16.7 Å². The topological polar surface area (TPSA) is 86.3 Å². The summed E-state index contributed by atoms with van der Waals surface area (Å²) in [5.74, 6) is 0. The number of aliphatic hydroxyl groups excluding tert-OH is 1. The molecule has 2 N–H and O–H groups in total. The molecule has 1 fully saturated rings. The predicted octanol–water partition coefficient (Wildman–Crippen LogP) is -0.445. The number of aliphatic hydroxyl groups is 1. The maximum absolute atomic E-state index is 11.9. The van der Waals surface area contributed by atoms with Crippen LogP contribution in [0.15, 0.2) is 17.3 Å². The van der Waals surface area contributed by atoms with Crippen molar-refractivity contribution in [3.8, 4) is 0 Å². The Hall–Kier alpha value is -0.920. The number of sulfonamides is 1. The van der Waals surface area contributed by atoms with Crippen LogP contribution in [0.2, 0.25) is 0 Å². The normalized spacial score (nSPS) is 24.2.